The molecule has 0 radical (unpaired) electrons. The molecule has 0 aliphatic carbocycles. The van der Waals surface area contributed by atoms with Gasteiger partial charge in [0.1, 0.15) is 0 Å². The third-order valence-corrected chi connectivity index (χ3v) is 11.3. The molecule has 0 fully saturated rings. The molecule has 0 saturated carbocycles. The third-order valence-electron chi connectivity index (χ3n) is 11.3. The molecule has 0 amide bonds. The van der Waals surface area contributed by atoms with Crippen LogP contribution in [0.3, 0.4) is 0 Å². The highest BCUT2D eigenvalue weighted by atomic mass is 16.5. The van der Waals surface area contributed by atoms with Gasteiger partial charge >= 0.3 is 0 Å². The Bertz CT molecular complexity index is 852. The fourth-order valence-corrected chi connectivity index (χ4v) is 7.54. The summed E-state index contributed by atoms with van der Waals surface area (Å²) in [7, 11) is 21.0. The van der Waals surface area contributed by atoms with Crippen molar-refractivity contribution >= 4 is 0 Å². The van der Waals surface area contributed by atoms with E-state index in [1.54, 1.807) is 85.3 Å². The van der Waals surface area contributed by atoms with E-state index >= 15 is 0 Å². The van der Waals surface area contributed by atoms with E-state index in [9.17, 15) is 0 Å². The van der Waals surface area contributed by atoms with Gasteiger partial charge in [0.05, 0.1) is 73.2 Å². The second-order valence-electron chi connectivity index (χ2n) is 14.9. The van der Waals surface area contributed by atoms with Gasteiger partial charge in [0, 0.05) is 91.7 Å². The van der Waals surface area contributed by atoms with Gasteiger partial charge in [-0.2, -0.15) is 0 Å². The zero-order valence-electron chi connectivity index (χ0n) is 37.4. The summed E-state index contributed by atoms with van der Waals surface area (Å²) in [5, 5.41) is 0. The van der Waals surface area contributed by atoms with Crippen molar-refractivity contribution in [1.82, 2.24) is 0 Å². The second-order valence-corrected chi connectivity index (χ2v) is 14.9. The molecule has 0 saturated heterocycles. The van der Waals surface area contributed by atoms with Gasteiger partial charge in [-0.05, 0) is 77.0 Å². The second kappa shape index (κ2) is 35.2. The lowest BCUT2D eigenvalue weighted by atomic mass is 9.93. The lowest BCUT2D eigenvalue weighted by Gasteiger charge is -2.31. The number of methoxy groups -OCH3 is 12. The maximum absolute atomic E-state index is 6.00. The minimum absolute atomic E-state index is 0.00643. The van der Waals surface area contributed by atoms with Gasteiger partial charge in [-0.15, -0.1) is 6.58 Å². The molecule has 12 unspecified atom stereocenters. The summed E-state index contributed by atoms with van der Waals surface area (Å²) in [6.07, 6.45) is 15.1. The first-order valence-corrected chi connectivity index (χ1v) is 20.5. The largest absolute Gasteiger partial charge is 0.381 e. The predicted octanol–water partition coefficient (Wildman–Crippen LogP) is 7.61. The first-order valence-electron chi connectivity index (χ1n) is 20.5. The highest BCUT2D eigenvalue weighted by Crippen LogP contribution is 2.26. The average molecular weight is 795 g/mol. The molecule has 0 aromatic heterocycles. The molecule has 0 aliphatic heterocycles. The monoisotopic (exact) mass is 795 g/mol. The molecule has 0 spiro atoms. The van der Waals surface area contributed by atoms with Gasteiger partial charge in [-0.1, -0.05) is 32.3 Å². The van der Waals surface area contributed by atoms with Gasteiger partial charge in [0.2, 0.25) is 0 Å². The van der Waals surface area contributed by atoms with E-state index in [2.05, 4.69) is 13.5 Å². The van der Waals surface area contributed by atoms with Crippen LogP contribution < -0.4 is 0 Å². The predicted molar refractivity (Wildman–Crippen MR) is 219 cm³/mol. The summed E-state index contributed by atoms with van der Waals surface area (Å²) in [6.45, 7) is 6.07. The molecule has 0 heterocycles. The van der Waals surface area contributed by atoms with Crippen LogP contribution in [0.4, 0.5) is 0 Å². The molecule has 12 heteroatoms. The van der Waals surface area contributed by atoms with Gasteiger partial charge in [0.25, 0.3) is 0 Å². The van der Waals surface area contributed by atoms with Crippen LogP contribution in [0.2, 0.25) is 0 Å². The van der Waals surface area contributed by atoms with E-state index < -0.39 is 0 Å². The number of unbranched alkanes of at least 4 members (excludes halogenated alkanes) is 2. The van der Waals surface area contributed by atoms with E-state index in [4.69, 9.17) is 56.8 Å². The lowest BCUT2D eigenvalue weighted by Crippen LogP contribution is -2.34. The van der Waals surface area contributed by atoms with Crippen molar-refractivity contribution in [2.24, 2.45) is 0 Å². The first-order chi connectivity index (χ1) is 26.6. The zero-order chi connectivity index (χ0) is 41.4. The van der Waals surface area contributed by atoms with Crippen LogP contribution in [0.5, 0.6) is 0 Å². The summed E-state index contributed by atoms with van der Waals surface area (Å²) in [5.41, 5.74) is 0. The molecule has 12 nitrogen and oxygen atoms in total. The molecule has 0 aromatic carbocycles. The first kappa shape index (κ1) is 54.3. The fourth-order valence-electron chi connectivity index (χ4n) is 7.54. The summed E-state index contributed by atoms with van der Waals surface area (Å²) in [4.78, 5) is 0. The van der Waals surface area contributed by atoms with Crippen molar-refractivity contribution < 1.29 is 56.8 Å². The Morgan fingerprint density at radius 2 is 0.509 bits per heavy atom. The van der Waals surface area contributed by atoms with Gasteiger partial charge < -0.3 is 56.8 Å². The Labute approximate surface area is 337 Å². The lowest BCUT2D eigenvalue weighted by molar-refractivity contribution is -0.0624. The van der Waals surface area contributed by atoms with E-state index in [0.29, 0.717) is 38.5 Å². The Morgan fingerprint density at radius 3 is 0.691 bits per heavy atom. The number of ether oxygens (including phenoxy) is 12. The van der Waals surface area contributed by atoms with Crippen LogP contribution in [-0.2, 0) is 56.8 Å². The van der Waals surface area contributed by atoms with Crippen molar-refractivity contribution in [3.05, 3.63) is 12.7 Å². The van der Waals surface area contributed by atoms with E-state index in [-0.39, 0.29) is 73.2 Å². The minimum atomic E-state index is -0.0863. The summed E-state index contributed by atoms with van der Waals surface area (Å²) >= 11 is 0. The Morgan fingerprint density at radius 1 is 0.309 bits per heavy atom. The third kappa shape index (κ3) is 24.7. The average Bonchev–Trinajstić information content (AvgIpc) is 3.21. The molecule has 0 aliphatic rings. The van der Waals surface area contributed by atoms with E-state index in [1.807, 2.05) is 6.08 Å². The SMILES string of the molecule is C=CCC(CC(CC(CC(CC(CC(CC(CC(CC(CC(CC(CC(CCCCC)OC)OC)OC)OC)OC)OC)OC)OC)OC)OC)OC)OC. The van der Waals surface area contributed by atoms with Crippen LogP contribution in [0.1, 0.15) is 110 Å². The van der Waals surface area contributed by atoms with Crippen molar-refractivity contribution in [2.45, 2.75) is 183 Å². The molecule has 330 valence electrons. The Balaban J connectivity index is 5.34. The minimum Gasteiger partial charge on any atom is -0.381 e. The zero-order valence-corrected chi connectivity index (χ0v) is 37.4. The summed E-state index contributed by atoms with van der Waals surface area (Å²) in [6, 6.07) is 0. The normalized spacial score (nSPS) is 18.8. The maximum atomic E-state index is 6.00. The molecular formula is C43H86O12. The number of hydrogen-bond acceptors (Lipinski definition) is 12. The van der Waals surface area contributed by atoms with E-state index in [0.717, 1.165) is 51.4 Å². The van der Waals surface area contributed by atoms with Crippen LogP contribution in [0.15, 0.2) is 12.7 Å². The topological polar surface area (TPSA) is 111 Å². The standard InChI is InChI=1S/C43H86O12/c1-15-17-18-20-33(45-4)22-35(47-6)24-37(49-8)26-39(51-10)28-41(53-12)30-43(55-14)31-42(54-13)29-40(52-11)27-38(50-9)25-36(48-7)23-34(46-5)21-32(44-3)19-16-2/h16,32-43H,2,15,17-31H2,1,3-14H3. The van der Waals surface area contributed by atoms with Crippen LogP contribution in [0, 0.1) is 0 Å². The quantitative estimate of drug-likeness (QED) is 0.0450. The molecular weight excluding hydrogens is 708 g/mol. The number of rotatable bonds is 40. The maximum Gasteiger partial charge on any atom is 0.0630 e. The molecule has 0 bridgehead atoms. The Kier molecular flexibility index (Phi) is 34.8. The van der Waals surface area contributed by atoms with Gasteiger partial charge in [0.15, 0.2) is 0 Å². The van der Waals surface area contributed by atoms with Crippen molar-refractivity contribution in [3.8, 4) is 0 Å². The summed E-state index contributed by atoms with van der Waals surface area (Å²) < 4.78 is 70.9. The smallest absolute Gasteiger partial charge is 0.0630 e. The van der Waals surface area contributed by atoms with Crippen LogP contribution in [-0.4, -0.2) is 159 Å². The van der Waals surface area contributed by atoms with Crippen molar-refractivity contribution in [1.29, 1.82) is 0 Å². The molecule has 0 aromatic rings. The molecule has 0 N–H and O–H groups in total. The van der Waals surface area contributed by atoms with Gasteiger partial charge in [-0.25, -0.2) is 0 Å². The van der Waals surface area contributed by atoms with Crippen molar-refractivity contribution in [3.63, 3.8) is 0 Å². The Hall–Kier alpha value is -0.740. The highest BCUT2D eigenvalue weighted by molar-refractivity contribution is 4.82. The molecule has 12 atom stereocenters. The van der Waals surface area contributed by atoms with Crippen LogP contribution in [0.25, 0.3) is 0 Å². The van der Waals surface area contributed by atoms with Crippen molar-refractivity contribution in [2.75, 3.05) is 85.3 Å². The molecule has 55 heavy (non-hydrogen) atoms. The van der Waals surface area contributed by atoms with Gasteiger partial charge in [-0.3, -0.25) is 0 Å². The summed E-state index contributed by atoms with van der Waals surface area (Å²) in [5.74, 6) is 0. The highest BCUT2D eigenvalue weighted by Gasteiger charge is 2.30. The van der Waals surface area contributed by atoms with E-state index in [1.165, 1.54) is 12.8 Å². The van der Waals surface area contributed by atoms with Crippen LogP contribution >= 0.6 is 0 Å². The molecule has 0 rings (SSSR count). The number of hydrogen-bond donors (Lipinski definition) is 0. The fraction of sp³-hybridized carbons (Fsp3) is 0.953.